The van der Waals surface area contributed by atoms with Crippen LogP contribution in [0.25, 0.3) is 0 Å². The van der Waals surface area contributed by atoms with Crippen LogP contribution in [0.2, 0.25) is 0 Å². The third-order valence-corrected chi connectivity index (χ3v) is 2.31. The molecule has 0 saturated heterocycles. The van der Waals surface area contributed by atoms with Gasteiger partial charge < -0.3 is 9.47 Å². The van der Waals surface area contributed by atoms with Gasteiger partial charge in [0, 0.05) is 0 Å². The second-order valence-electron chi connectivity index (χ2n) is 3.71. The van der Waals surface area contributed by atoms with E-state index in [-0.39, 0.29) is 13.2 Å². The van der Waals surface area contributed by atoms with Crippen LogP contribution in [-0.4, -0.2) is 26.0 Å². The minimum absolute atomic E-state index is 0.0765. The van der Waals surface area contributed by atoms with Gasteiger partial charge in [-0.3, -0.25) is 0 Å². The number of hydrogen-bond donors (Lipinski definition) is 0. The summed E-state index contributed by atoms with van der Waals surface area (Å²) in [6.07, 6.45) is -4.28. The van der Waals surface area contributed by atoms with E-state index in [2.05, 4.69) is 4.74 Å². The van der Waals surface area contributed by atoms with Crippen molar-refractivity contribution >= 4 is 0 Å². The Labute approximate surface area is 98.3 Å². The minimum atomic E-state index is -4.28. The molecular weight excluding hydrogens is 233 g/mol. The molecule has 0 aliphatic heterocycles. The largest absolute Gasteiger partial charge is 0.491 e. The third-order valence-electron chi connectivity index (χ3n) is 2.31. The number of rotatable bonds is 5. The Balaban J connectivity index is 2.29. The van der Waals surface area contributed by atoms with Gasteiger partial charge in [-0.25, -0.2) is 0 Å². The predicted molar refractivity (Wildman–Crippen MR) is 58.3 cm³/mol. The van der Waals surface area contributed by atoms with Crippen LogP contribution < -0.4 is 4.74 Å². The van der Waals surface area contributed by atoms with E-state index in [4.69, 9.17) is 4.74 Å². The van der Waals surface area contributed by atoms with Crippen molar-refractivity contribution in [2.45, 2.75) is 20.0 Å². The molecule has 0 heterocycles. The van der Waals surface area contributed by atoms with Crippen molar-refractivity contribution in [1.82, 2.24) is 0 Å². The molecular formula is C12H15F3O2. The summed E-state index contributed by atoms with van der Waals surface area (Å²) in [5.74, 6) is 0.681. The third kappa shape index (κ3) is 5.08. The highest BCUT2D eigenvalue weighted by Gasteiger charge is 2.27. The zero-order valence-electron chi connectivity index (χ0n) is 9.80. The van der Waals surface area contributed by atoms with Gasteiger partial charge in [-0.05, 0) is 31.0 Å². The fourth-order valence-corrected chi connectivity index (χ4v) is 1.28. The molecule has 0 bridgehead atoms. The molecule has 17 heavy (non-hydrogen) atoms. The smallest absolute Gasteiger partial charge is 0.411 e. The maximum atomic E-state index is 11.8. The Kier molecular flexibility index (Phi) is 4.81. The van der Waals surface area contributed by atoms with E-state index in [1.165, 1.54) is 0 Å². The zero-order chi connectivity index (χ0) is 12.9. The van der Waals surface area contributed by atoms with Gasteiger partial charge in [-0.1, -0.05) is 12.1 Å². The molecule has 0 aliphatic carbocycles. The van der Waals surface area contributed by atoms with Crippen LogP contribution in [0.5, 0.6) is 5.75 Å². The summed E-state index contributed by atoms with van der Waals surface area (Å²) in [5, 5.41) is 0. The molecule has 2 nitrogen and oxygen atoms in total. The Morgan fingerprint density at radius 2 is 1.82 bits per heavy atom. The molecule has 0 radical (unpaired) electrons. The molecule has 0 unspecified atom stereocenters. The molecule has 0 saturated carbocycles. The lowest BCUT2D eigenvalue weighted by Crippen LogP contribution is -2.19. The predicted octanol–water partition coefficient (Wildman–Crippen LogP) is 3.26. The van der Waals surface area contributed by atoms with Gasteiger partial charge in [0.1, 0.15) is 19.0 Å². The Morgan fingerprint density at radius 3 is 2.47 bits per heavy atom. The first kappa shape index (κ1) is 13.8. The Hall–Kier alpha value is -1.23. The van der Waals surface area contributed by atoms with Crippen LogP contribution in [0.1, 0.15) is 11.1 Å². The first-order valence-electron chi connectivity index (χ1n) is 5.23. The second-order valence-corrected chi connectivity index (χ2v) is 3.71. The van der Waals surface area contributed by atoms with E-state index in [0.717, 1.165) is 11.1 Å². The molecule has 1 rings (SSSR count). The van der Waals surface area contributed by atoms with Gasteiger partial charge >= 0.3 is 6.18 Å². The van der Waals surface area contributed by atoms with Crippen molar-refractivity contribution in [2.75, 3.05) is 19.8 Å². The lowest BCUT2D eigenvalue weighted by atomic mass is 10.1. The van der Waals surface area contributed by atoms with Crippen molar-refractivity contribution in [3.05, 3.63) is 29.3 Å². The second kappa shape index (κ2) is 5.91. The Bertz CT molecular complexity index is 361. The standard InChI is InChI=1S/C12H15F3O2/c1-9-4-3-5-11(10(9)2)17-7-6-16-8-12(13,14)15/h3-5H,6-8H2,1-2H3. The average Bonchev–Trinajstić information content (AvgIpc) is 2.22. The van der Waals surface area contributed by atoms with Gasteiger partial charge in [-0.2, -0.15) is 13.2 Å². The molecule has 0 aliphatic rings. The van der Waals surface area contributed by atoms with E-state index in [9.17, 15) is 13.2 Å². The number of benzene rings is 1. The Morgan fingerprint density at radius 1 is 1.12 bits per heavy atom. The summed E-state index contributed by atoms with van der Waals surface area (Å²) in [4.78, 5) is 0. The van der Waals surface area contributed by atoms with E-state index in [0.29, 0.717) is 5.75 Å². The molecule has 0 amide bonds. The fourth-order valence-electron chi connectivity index (χ4n) is 1.28. The van der Waals surface area contributed by atoms with Crippen molar-refractivity contribution in [1.29, 1.82) is 0 Å². The van der Waals surface area contributed by atoms with E-state index >= 15 is 0 Å². The van der Waals surface area contributed by atoms with E-state index in [1.807, 2.05) is 26.0 Å². The maximum absolute atomic E-state index is 11.8. The molecule has 0 atom stereocenters. The molecule has 1 aromatic carbocycles. The maximum Gasteiger partial charge on any atom is 0.411 e. The molecule has 0 aromatic heterocycles. The fraction of sp³-hybridized carbons (Fsp3) is 0.500. The molecule has 5 heteroatoms. The summed E-state index contributed by atoms with van der Waals surface area (Å²) < 4.78 is 45.1. The molecule has 0 spiro atoms. The monoisotopic (exact) mass is 248 g/mol. The summed E-state index contributed by atoms with van der Waals surface area (Å²) >= 11 is 0. The highest BCUT2D eigenvalue weighted by Crippen LogP contribution is 2.20. The molecule has 96 valence electrons. The van der Waals surface area contributed by atoms with Gasteiger partial charge in [0.2, 0.25) is 0 Å². The average molecular weight is 248 g/mol. The van der Waals surface area contributed by atoms with Gasteiger partial charge in [-0.15, -0.1) is 0 Å². The summed E-state index contributed by atoms with van der Waals surface area (Å²) in [5.41, 5.74) is 2.07. The molecule has 1 aromatic rings. The van der Waals surface area contributed by atoms with Crippen molar-refractivity contribution < 1.29 is 22.6 Å². The van der Waals surface area contributed by atoms with E-state index in [1.54, 1.807) is 6.07 Å². The number of hydrogen-bond acceptors (Lipinski definition) is 2. The van der Waals surface area contributed by atoms with Crippen LogP contribution in [0.3, 0.4) is 0 Å². The van der Waals surface area contributed by atoms with Crippen LogP contribution in [0.4, 0.5) is 13.2 Å². The van der Waals surface area contributed by atoms with Crippen molar-refractivity contribution in [3.63, 3.8) is 0 Å². The topological polar surface area (TPSA) is 18.5 Å². The molecule has 0 fully saturated rings. The zero-order valence-corrected chi connectivity index (χ0v) is 9.80. The first-order chi connectivity index (χ1) is 7.90. The normalized spacial score (nSPS) is 11.6. The van der Waals surface area contributed by atoms with Crippen molar-refractivity contribution in [2.24, 2.45) is 0 Å². The van der Waals surface area contributed by atoms with Gasteiger partial charge in [0.15, 0.2) is 0 Å². The first-order valence-corrected chi connectivity index (χ1v) is 5.23. The SMILES string of the molecule is Cc1cccc(OCCOCC(F)(F)F)c1C. The van der Waals surface area contributed by atoms with Crippen LogP contribution in [-0.2, 0) is 4.74 Å². The van der Waals surface area contributed by atoms with Crippen molar-refractivity contribution in [3.8, 4) is 5.75 Å². The van der Waals surface area contributed by atoms with Crippen LogP contribution in [0, 0.1) is 13.8 Å². The number of aryl methyl sites for hydroxylation is 1. The van der Waals surface area contributed by atoms with Crippen LogP contribution >= 0.6 is 0 Å². The minimum Gasteiger partial charge on any atom is -0.491 e. The summed E-state index contributed by atoms with van der Waals surface area (Å²) in [6, 6.07) is 5.57. The quantitative estimate of drug-likeness (QED) is 0.744. The number of halogens is 3. The molecule has 0 N–H and O–H groups in total. The number of alkyl halides is 3. The lowest BCUT2D eigenvalue weighted by molar-refractivity contribution is -0.175. The summed E-state index contributed by atoms with van der Waals surface area (Å²) in [6.45, 7) is 2.65. The lowest BCUT2D eigenvalue weighted by Gasteiger charge is -2.11. The highest BCUT2D eigenvalue weighted by molar-refractivity contribution is 5.38. The summed E-state index contributed by atoms with van der Waals surface area (Å²) in [7, 11) is 0. The van der Waals surface area contributed by atoms with E-state index < -0.39 is 12.8 Å². The number of ether oxygens (including phenoxy) is 2. The highest BCUT2D eigenvalue weighted by atomic mass is 19.4. The van der Waals surface area contributed by atoms with Gasteiger partial charge in [0.25, 0.3) is 0 Å². The van der Waals surface area contributed by atoms with Crippen LogP contribution in [0.15, 0.2) is 18.2 Å². The van der Waals surface area contributed by atoms with Gasteiger partial charge in [0.05, 0.1) is 6.61 Å².